The van der Waals surface area contributed by atoms with Crippen LogP contribution in [0.5, 0.6) is 0 Å². The van der Waals surface area contributed by atoms with Gasteiger partial charge in [0, 0.05) is 12.6 Å². The maximum absolute atomic E-state index is 10.8. The quantitative estimate of drug-likeness (QED) is 0.447. The maximum Gasteiger partial charge on any atom is 0.307 e. The number of ether oxygens (including phenoxy) is 1. The van der Waals surface area contributed by atoms with E-state index in [4.69, 9.17) is 5.11 Å². The van der Waals surface area contributed by atoms with E-state index in [9.17, 15) is 4.79 Å². The van der Waals surface area contributed by atoms with Crippen molar-refractivity contribution < 1.29 is 14.6 Å². The van der Waals surface area contributed by atoms with Gasteiger partial charge in [-0.25, -0.2) is 0 Å². The minimum atomic E-state index is -0.192. The molecule has 0 aliphatic heterocycles. The Balaban J connectivity index is 3.29. The zero-order chi connectivity index (χ0) is 10.1. The van der Waals surface area contributed by atoms with Crippen molar-refractivity contribution in [2.45, 2.75) is 32.2 Å². The molecule has 0 amide bonds. The van der Waals surface area contributed by atoms with E-state index in [1.165, 1.54) is 7.11 Å². The molecule has 13 heavy (non-hydrogen) atoms. The number of rotatable bonds is 7. The monoisotopic (exact) mass is 189 g/mol. The van der Waals surface area contributed by atoms with Gasteiger partial charge in [-0.15, -0.1) is 0 Å². The fraction of sp³-hybridized carbons (Fsp3) is 0.889. The van der Waals surface area contributed by atoms with Gasteiger partial charge in [0.15, 0.2) is 0 Å². The van der Waals surface area contributed by atoms with E-state index in [1.54, 1.807) is 0 Å². The summed E-state index contributed by atoms with van der Waals surface area (Å²) in [7, 11) is 1.39. The number of carbonyl (C=O) groups excluding carboxylic acids is 1. The summed E-state index contributed by atoms with van der Waals surface area (Å²) >= 11 is 0. The fourth-order valence-electron chi connectivity index (χ4n) is 0.991. The van der Waals surface area contributed by atoms with Gasteiger partial charge in [0.25, 0.3) is 0 Å². The van der Waals surface area contributed by atoms with Gasteiger partial charge in [0.2, 0.25) is 0 Å². The highest BCUT2D eigenvalue weighted by Crippen LogP contribution is 1.93. The lowest BCUT2D eigenvalue weighted by molar-refractivity contribution is -0.141. The number of methoxy groups -OCH3 is 1. The highest BCUT2D eigenvalue weighted by molar-refractivity contribution is 5.69. The predicted octanol–water partition coefficient (Wildman–Crippen LogP) is 0.300. The van der Waals surface area contributed by atoms with Crippen molar-refractivity contribution in [3.63, 3.8) is 0 Å². The number of carbonyl (C=O) groups is 1. The number of aliphatic hydroxyl groups excluding tert-OH is 1. The van der Waals surface area contributed by atoms with E-state index < -0.39 is 0 Å². The highest BCUT2D eigenvalue weighted by Gasteiger charge is 2.07. The van der Waals surface area contributed by atoms with Gasteiger partial charge in [0.1, 0.15) is 0 Å². The number of hydrogen-bond acceptors (Lipinski definition) is 4. The first-order chi connectivity index (χ1) is 6.20. The second-order valence-corrected chi connectivity index (χ2v) is 3.07. The molecule has 1 unspecified atom stereocenters. The van der Waals surface area contributed by atoms with Crippen molar-refractivity contribution in [3.05, 3.63) is 0 Å². The second kappa shape index (κ2) is 8.01. The Morgan fingerprint density at radius 3 is 2.77 bits per heavy atom. The van der Waals surface area contributed by atoms with Gasteiger partial charge in [-0.2, -0.15) is 0 Å². The van der Waals surface area contributed by atoms with E-state index >= 15 is 0 Å². The maximum atomic E-state index is 10.8. The molecule has 0 bridgehead atoms. The lowest BCUT2D eigenvalue weighted by atomic mass is 10.2. The smallest absolute Gasteiger partial charge is 0.307 e. The van der Waals surface area contributed by atoms with Crippen LogP contribution < -0.4 is 5.32 Å². The first-order valence-electron chi connectivity index (χ1n) is 4.61. The summed E-state index contributed by atoms with van der Waals surface area (Å²) in [5.74, 6) is -0.192. The van der Waals surface area contributed by atoms with Gasteiger partial charge in [0.05, 0.1) is 13.5 Å². The second-order valence-electron chi connectivity index (χ2n) is 3.07. The molecule has 0 rings (SSSR count). The molecule has 0 saturated heterocycles. The van der Waals surface area contributed by atoms with E-state index in [1.807, 2.05) is 6.92 Å². The first kappa shape index (κ1) is 12.4. The minimum absolute atomic E-state index is 0.145. The van der Waals surface area contributed by atoms with Crippen LogP contribution in [-0.2, 0) is 9.53 Å². The molecule has 78 valence electrons. The molecule has 2 N–H and O–H groups in total. The Morgan fingerprint density at radius 1 is 1.54 bits per heavy atom. The first-order valence-corrected chi connectivity index (χ1v) is 4.61. The zero-order valence-corrected chi connectivity index (χ0v) is 8.38. The Kier molecular flexibility index (Phi) is 7.63. The third kappa shape index (κ3) is 7.74. The van der Waals surface area contributed by atoms with Crippen molar-refractivity contribution in [1.82, 2.24) is 5.32 Å². The van der Waals surface area contributed by atoms with Gasteiger partial charge < -0.3 is 15.2 Å². The van der Waals surface area contributed by atoms with Crippen LogP contribution in [0.15, 0.2) is 0 Å². The van der Waals surface area contributed by atoms with Crippen molar-refractivity contribution in [2.75, 3.05) is 20.3 Å². The number of aliphatic hydroxyl groups is 1. The normalized spacial score (nSPS) is 12.5. The van der Waals surface area contributed by atoms with Gasteiger partial charge in [-0.1, -0.05) is 0 Å². The zero-order valence-electron chi connectivity index (χ0n) is 8.38. The molecular formula is C9H19NO3. The Bertz CT molecular complexity index is 139. The Morgan fingerprint density at radius 2 is 2.23 bits per heavy atom. The Hall–Kier alpha value is -0.610. The average Bonchev–Trinajstić information content (AvgIpc) is 2.12. The summed E-state index contributed by atoms with van der Waals surface area (Å²) in [6.07, 6.45) is 2.13. The molecule has 4 heteroatoms. The third-order valence-electron chi connectivity index (χ3n) is 1.78. The van der Waals surface area contributed by atoms with Gasteiger partial charge >= 0.3 is 5.97 Å². The number of hydrogen-bond donors (Lipinski definition) is 2. The predicted molar refractivity (Wildman–Crippen MR) is 50.4 cm³/mol. The van der Waals surface area contributed by atoms with E-state index in [-0.39, 0.29) is 18.6 Å². The van der Waals surface area contributed by atoms with Crippen LogP contribution in [0, 0.1) is 0 Å². The lowest BCUT2D eigenvalue weighted by Crippen LogP contribution is -2.29. The Labute approximate surface area is 79.3 Å². The average molecular weight is 189 g/mol. The molecule has 0 aromatic carbocycles. The van der Waals surface area contributed by atoms with Gasteiger partial charge in [-0.3, -0.25) is 4.79 Å². The number of nitrogens with one attached hydrogen (secondary N) is 1. The summed E-state index contributed by atoms with van der Waals surface area (Å²) < 4.78 is 4.53. The molecule has 0 fully saturated rings. The molecule has 0 aromatic rings. The van der Waals surface area contributed by atoms with Crippen molar-refractivity contribution in [3.8, 4) is 0 Å². The molecule has 1 atom stereocenters. The molecular weight excluding hydrogens is 170 g/mol. The highest BCUT2D eigenvalue weighted by atomic mass is 16.5. The topological polar surface area (TPSA) is 58.6 Å². The molecule has 0 saturated carbocycles. The third-order valence-corrected chi connectivity index (χ3v) is 1.78. The molecule has 0 aliphatic carbocycles. The largest absolute Gasteiger partial charge is 0.469 e. The van der Waals surface area contributed by atoms with Crippen LogP contribution in [0.1, 0.15) is 26.2 Å². The molecule has 4 nitrogen and oxygen atoms in total. The molecule has 0 heterocycles. The van der Waals surface area contributed by atoms with Gasteiger partial charge in [-0.05, 0) is 26.3 Å². The number of unbranched alkanes of at least 4 members (excludes halogenated alkanes) is 1. The van der Waals surface area contributed by atoms with Crippen LogP contribution in [0.2, 0.25) is 0 Å². The minimum Gasteiger partial charge on any atom is -0.469 e. The van der Waals surface area contributed by atoms with E-state index in [0.717, 1.165) is 19.4 Å². The van der Waals surface area contributed by atoms with Crippen LogP contribution in [0.25, 0.3) is 0 Å². The van der Waals surface area contributed by atoms with Crippen molar-refractivity contribution in [2.24, 2.45) is 0 Å². The van der Waals surface area contributed by atoms with Crippen LogP contribution in [-0.4, -0.2) is 37.4 Å². The molecule has 0 spiro atoms. The fourth-order valence-corrected chi connectivity index (χ4v) is 0.991. The van der Waals surface area contributed by atoms with Crippen LogP contribution >= 0.6 is 0 Å². The standard InChI is InChI=1S/C9H19NO3/c1-8(7-9(12)13-2)10-5-3-4-6-11/h8,10-11H,3-7H2,1-2H3. The molecule has 0 aromatic heterocycles. The van der Waals surface area contributed by atoms with E-state index in [0.29, 0.717) is 6.42 Å². The summed E-state index contributed by atoms with van der Waals surface area (Å²) in [5.41, 5.74) is 0. The summed E-state index contributed by atoms with van der Waals surface area (Å²) in [4.78, 5) is 10.8. The van der Waals surface area contributed by atoms with E-state index in [2.05, 4.69) is 10.1 Å². The van der Waals surface area contributed by atoms with Crippen LogP contribution in [0.3, 0.4) is 0 Å². The molecule has 0 aliphatic rings. The van der Waals surface area contributed by atoms with Crippen LogP contribution in [0.4, 0.5) is 0 Å². The molecule has 0 radical (unpaired) electrons. The SMILES string of the molecule is COC(=O)CC(C)NCCCCO. The summed E-state index contributed by atoms with van der Waals surface area (Å²) in [6, 6.07) is 0.145. The van der Waals surface area contributed by atoms with Crippen molar-refractivity contribution in [1.29, 1.82) is 0 Å². The number of esters is 1. The summed E-state index contributed by atoms with van der Waals surface area (Å²) in [5, 5.41) is 11.7. The lowest BCUT2D eigenvalue weighted by Gasteiger charge is -2.11. The van der Waals surface area contributed by atoms with Crippen molar-refractivity contribution >= 4 is 5.97 Å². The summed E-state index contributed by atoms with van der Waals surface area (Å²) in [6.45, 7) is 3.00.